The van der Waals surface area contributed by atoms with Gasteiger partial charge < -0.3 is 37.6 Å². The number of unbranched alkanes of at least 4 members (excludes halogenated alkanes) is 1. The van der Waals surface area contributed by atoms with Crippen LogP contribution in [-0.2, 0) is 43.2 Å². The molecule has 0 spiro atoms. The van der Waals surface area contributed by atoms with Gasteiger partial charge in [-0.2, -0.15) is 0 Å². The molecule has 314 valence electrons. The predicted octanol–water partition coefficient (Wildman–Crippen LogP) is 3.92. The lowest BCUT2D eigenvalue weighted by Crippen LogP contribution is -2.59. The average Bonchev–Trinajstić information content (AvgIpc) is 3.27. The maximum Gasteiger partial charge on any atom is 0.243 e. The second kappa shape index (κ2) is 21.2. The van der Waals surface area contributed by atoms with Crippen LogP contribution in [0.4, 0.5) is 0 Å². The van der Waals surface area contributed by atoms with Crippen LogP contribution < -0.4 is 32.7 Å². The van der Waals surface area contributed by atoms with Gasteiger partial charge in [0.05, 0.1) is 0 Å². The first-order valence-electron chi connectivity index (χ1n) is 21.0. The molecule has 0 radical (unpaired) electrons. The van der Waals surface area contributed by atoms with Gasteiger partial charge in [0.25, 0.3) is 0 Å². The van der Waals surface area contributed by atoms with Crippen molar-refractivity contribution in [2.45, 2.75) is 75.5 Å². The van der Waals surface area contributed by atoms with E-state index in [1.165, 1.54) is 4.90 Å². The lowest BCUT2D eigenvalue weighted by molar-refractivity contribution is -0.143. The van der Waals surface area contributed by atoms with Crippen molar-refractivity contribution in [2.24, 2.45) is 17.4 Å². The van der Waals surface area contributed by atoms with Gasteiger partial charge in [-0.15, -0.1) is 0 Å². The molecule has 12 nitrogen and oxygen atoms in total. The number of amides is 5. The Morgan fingerprint density at radius 3 is 1.68 bits per heavy atom. The Kier molecular flexibility index (Phi) is 15.4. The lowest BCUT2D eigenvalue weighted by atomic mass is 9.94. The number of carbonyl (C=O) groups is 5. The minimum Gasteiger partial charge on any atom is -0.368 e. The van der Waals surface area contributed by atoms with E-state index < -0.39 is 47.8 Å². The van der Waals surface area contributed by atoms with E-state index in [9.17, 15) is 24.0 Å². The third kappa shape index (κ3) is 11.8. The Morgan fingerprint density at radius 2 is 1.12 bits per heavy atom. The summed E-state index contributed by atoms with van der Waals surface area (Å²) in [5.41, 5.74) is 13.8. The molecule has 60 heavy (non-hydrogen) atoms. The second-order valence-electron chi connectivity index (χ2n) is 15.8. The summed E-state index contributed by atoms with van der Waals surface area (Å²) in [6.45, 7) is 1.86. The van der Waals surface area contributed by atoms with E-state index in [0.717, 1.165) is 38.2 Å². The number of rotatable bonds is 19. The molecular weight excluding hydrogens is 755 g/mol. The molecule has 5 aromatic rings. The van der Waals surface area contributed by atoms with E-state index in [-0.39, 0.29) is 31.1 Å². The predicted molar refractivity (Wildman–Crippen MR) is 235 cm³/mol. The number of piperidine rings is 1. The summed E-state index contributed by atoms with van der Waals surface area (Å²) in [5.74, 6) is -2.72. The van der Waals surface area contributed by atoms with Crippen molar-refractivity contribution in [3.8, 4) is 0 Å². The first-order chi connectivity index (χ1) is 29.1. The molecule has 0 aliphatic carbocycles. The normalized spacial score (nSPS) is 15.0. The number of hydrogen-bond donors (Lipinski definition) is 6. The van der Waals surface area contributed by atoms with Crippen molar-refractivity contribution >= 4 is 51.1 Å². The van der Waals surface area contributed by atoms with Gasteiger partial charge in [-0.05, 0) is 90.0 Å². The van der Waals surface area contributed by atoms with E-state index in [2.05, 4.69) is 21.3 Å². The standard InChI is InChI=1S/C48H57N7O5/c1-55(48(60)37-22-25-51-26-23-37)43(31-34-19-21-36-14-6-8-16-39(36)28-34)47(59)54-42(30-33-18-20-35-13-5-7-15-38(35)27-33)46(58)53-41(29-32-11-3-2-4-12-32)45(57)52-40(44(50)56)17-9-10-24-49/h2-8,11-16,18-21,27-28,37,40-43,51H,9-10,17,22-26,29-31,49H2,1H3,(H2,50,56)(H,52,57)(H,53,58)(H,54,59)/t40?,41-,42+,43?/m0/s1. The van der Waals surface area contributed by atoms with Gasteiger partial charge in [-0.25, -0.2) is 0 Å². The van der Waals surface area contributed by atoms with Crippen LogP contribution in [0.1, 0.15) is 48.8 Å². The van der Waals surface area contributed by atoms with Crippen molar-refractivity contribution in [1.82, 2.24) is 26.2 Å². The molecular formula is C48H57N7O5. The molecule has 6 rings (SSSR count). The van der Waals surface area contributed by atoms with Crippen molar-refractivity contribution in [1.29, 1.82) is 0 Å². The highest BCUT2D eigenvalue weighted by atomic mass is 16.2. The summed E-state index contributed by atoms with van der Waals surface area (Å²) in [6.07, 6.45) is 3.28. The molecule has 0 bridgehead atoms. The van der Waals surface area contributed by atoms with Crippen LogP contribution >= 0.6 is 0 Å². The number of hydrogen-bond acceptors (Lipinski definition) is 7. The third-order valence-corrected chi connectivity index (χ3v) is 11.5. The zero-order valence-corrected chi connectivity index (χ0v) is 34.3. The smallest absolute Gasteiger partial charge is 0.243 e. The van der Waals surface area contributed by atoms with Gasteiger partial charge in [-0.3, -0.25) is 24.0 Å². The van der Waals surface area contributed by atoms with Gasteiger partial charge in [0, 0.05) is 32.2 Å². The summed E-state index contributed by atoms with van der Waals surface area (Å²) in [7, 11) is 1.66. The number of carbonyl (C=O) groups excluding carboxylic acids is 5. The van der Waals surface area contributed by atoms with E-state index in [0.29, 0.717) is 51.7 Å². The van der Waals surface area contributed by atoms with E-state index in [1.807, 2.05) is 115 Å². The molecule has 1 saturated heterocycles. The summed E-state index contributed by atoms with van der Waals surface area (Å²) in [4.78, 5) is 71.5. The van der Waals surface area contributed by atoms with Crippen molar-refractivity contribution in [3.05, 3.63) is 132 Å². The number of primary amides is 1. The molecule has 5 aromatic carbocycles. The van der Waals surface area contributed by atoms with Crippen LogP contribution in [0, 0.1) is 5.92 Å². The minimum atomic E-state index is -1.15. The Balaban J connectivity index is 1.32. The molecule has 0 saturated carbocycles. The minimum absolute atomic E-state index is 0.0970. The van der Waals surface area contributed by atoms with Gasteiger partial charge in [0.15, 0.2) is 0 Å². The molecule has 1 aliphatic rings. The molecule has 1 aliphatic heterocycles. The first kappa shape index (κ1) is 43.5. The fraction of sp³-hybridized carbons (Fsp3) is 0.354. The zero-order valence-electron chi connectivity index (χ0n) is 34.3. The molecule has 12 heteroatoms. The highest BCUT2D eigenvalue weighted by Crippen LogP contribution is 2.22. The van der Waals surface area contributed by atoms with Crippen LogP contribution in [0.2, 0.25) is 0 Å². The molecule has 1 fully saturated rings. The highest BCUT2D eigenvalue weighted by molar-refractivity contribution is 5.96. The zero-order chi connectivity index (χ0) is 42.4. The number of likely N-dealkylation sites (N-methyl/N-ethyl adjacent to an activating group) is 1. The Labute approximate surface area is 351 Å². The second-order valence-corrected chi connectivity index (χ2v) is 15.8. The number of nitrogens with one attached hydrogen (secondary N) is 4. The summed E-state index contributed by atoms with van der Waals surface area (Å²) < 4.78 is 0. The maximum absolute atomic E-state index is 14.8. The van der Waals surface area contributed by atoms with Gasteiger partial charge in [-0.1, -0.05) is 115 Å². The van der Waals surface area contributed by atoms with E-state index in [1.54, 1.807) is 7.05 Å². The Hall–Kier alpha value is -6.11. The van der Waals surface area contributed by atoms with Crippen molar-refractivity contribution in [2.75, 3.05) is 26.7 Å². The first-order valence-corrected chi connectivity index (χ1v) is 21.0. The van der Waals surface area contributed by atoms with E-state index >= 15 is 0 Å². The van der Waals surface area contributed by atoms with E-state index in [4.69, 9.17) is 11.5 Å². The molecule has 4 atom stereocenters. The summed E-state index contributed by atoms with van der Waals surface area (Å²) in [6, 6.07) is 32.7. The fourth-order valence-electron chi connectivity index (χ4n) is 7.97. The number of nitrogens with zero attached hydrogens (tertiary/aromatic N) is 1. The molecule has 5 amide bonds. The Morgan fingerprint density at radius 1 is 0.617 bits per heavy atom. The van der Waals surface area contributed by atoms with Crippen molar-refractivity contribution < 1.29 is 24.0 Å². The number of benzene rings is 5. The van der Waals surface area contributed by atoms with Crippen LogP contribution in [0.25, 0.3) is 21.5 Å². The molecule has 8 N–H and O–H groups in total. The number of nitrogens with two attached hydrogens (primary N) is 2. The highest BCUT2D eigenvalue weighted by Gasteiger charge is 2.35. The van der Waals surface area contributed by atoms with Gasteiger partial charge in [0.1, 0.15) is 24.2 Å². The van der Waals surface area contributed by atoms with Gasteiger partial charge in [0.2, 0.25) is 29.5 Å². The van der Waals surface area contributed by atoms with Crippen LogP contribution in [0.15, 0.2) is 115 Å². The quantitative estimate of drug-likeness (QED) is 0.0682. The monoisotopic (exact) mass is 811 g/mol. The molecule has 1 heterocycles. The number of fused-ring (bicyclic) bond motifs is 2. The molecule has 2 unspecified atom stereocenters. The third-order valence-electron chi connectivity index (χ3n) is 11.5. The average molecular weight is 812 g/mol. The lowest BCUT2D eigenvalue weighted by Gasteiger charge is -2.33. The summed E-state index contributed by atoms with van der Waals surface area (Å²) >= 11 is 0. The SMILES string of the molecule is CN(C(=O)C1CCNCC1)C(Cc1ccc2ccccc2c1)C(=O)N[C@H](Cc1ccc2ccccc2c1)C(=O)N[C@@H](Cc1ccccc1)C(=O)NC(CCCCN)C(N)=O. The summed E-state index contributed by atoms with van der Waals surface area (Å²) in [5, 5.41) is 16.1. The largest absolute Gasteiger partial charge is 0.368 e. The topological polar surface area (TPSA) is 189 Å². The maximum atomic E-state index is 14.8. The molecule has 0 aromatic heterocycles. The fourth-order valence-corrected chi connectivity index (χ4v) is 7.97. The van der Waals surface area contributed by atoms with Crippen molar-refractivity contribution in [3.63, 3.8) is 0 Å². The van der Waals surface area contributed by atoms with Gasteiger partial charge >= 0.3 is 0 Å². The van der Waals surface area contributed by atoms with Crippen LogP contribution in [0.3, 0.4) is 0 Å². The van der Waals surface area contributed by atoms with Crippen LogP contribution in [-0.4, -0.2) is 85.3 Å². The van der Waals surface area contributed by atoms with Crippen LogP contribution in [0.5, 0.6) is 0 Å². The Bertz CT molecular complexity index is 2260.